The van der Waals surface area contributed by atoms with Crippen LogP contribution in [-0.4, -0.2) is 44.4 Å². The normalized spacial score (nSPS) is 12.8. The lowest BCUT2D eigenvalue weighted by Crippen LogP contribution is -2.35. The first-order chi connectivity index (χ1) is 14.5. The zero-order valence-corrected chi connectivity index (χ0v) is 17.5. The van der Waals surface area contributed by atoms with Gasteiger partial charge in [-0.3, -0.25) is 9.52 Å². The number of amides is 1. The first kappa shape index (κ1) is 24.5. The quantitative estimate of drug-likeness (QED) is 0.506. The van der Waals surface area contributed by atoms with Crippen LogP contribution in [0.4, 0.5) is 18.9 Å². The third kappa shape index (κ3) is 8.10. The molecule has 0 saturated carbocycles. The summed E-state index contributed by atoms with van der Waals surface area (Å²) in [5.41, 5.74) is -0.383. The molecule has 2 aromatic rings. The predicted octanol–water partition coefficient (Wildman–Crippen LogP) is 3.03. The Kier molecular flexibility index (Phi) is 8.28. The topological polar surface area (TPSA) is 105 Å². The van der Waals surface area contributed by atoms with Crippen molar-refractivity contribution in [3.63, 3.8) is 0 Å². The van der Waals surface area contributed by atoms with Crippen molar-refractivity contribution < 1.29 is 36.2 Å². The Morgan fingerprint density at radius 1 is 1.16 bits per heavy atom. The molecule has 0 fully saturated rings. The van der Waals surface area contributed by atoms with Gasteiger partial charge in [-0.2, -0.15) is 13.2 Å². The van der Waals surface area contributed by atoms with E-state index in [1.165, 1.54) is 24.3 Å². The minimum Gasteiger partial charge on any atom is -0.491 e. The second kappa shape index (κ2) is 10.5. The van der Waals surface area contributed by atoms with Crippen LogP contribution in [0.5, 0.6) is 5.75 Å². The molecule has 0 heterocycles. The van der Waals surface area contributed by atoms with E-state index in [2.05, 4.69) is 10.0 Å². The summed E-state index contributed by atoms with van der Waals surface area (Å²) in [7, 11) is -3.50. The molecule has 0 radical (unpaired) electrons. The van der Waals surface area contributed by atoms with Crippen LogP contribution in [-0.2, 0) is 16.2 Å². The molecule has 0 aliphatic heterocycles. The van der Waals surface area contributed by atoms with E-state index >= 15 is 0 Å². The lowest BCUT2D eigenvalue weighted by Gasteiger charge is -2.14. The van der Waals surface area contributed by atoms with Gasteiger partial charge in [0.05, 0.1) is 11.3 Å². The number of rotatable bonds is 10. The molecule has 3 N–H and O–H groups in total. The second-order valence-corrected chi connectivity index (χ2v) is 8.54. The van der Waals surface area contributed by atoms with Gasteiger partial charge in [0.25, 0.3) is 5.91 Å². The van der Waals surface area contributed by atoms with Crippen LogP contribution in [0, 0.1) is 0 Å². The number of carbonyl (C=O) groups is 1. The van der Waals surface area contributed by atoms with Crippen molar-refractivity contribution in [1.29, 1.82) is 0 Å². The highest BCUT2D eigenvalue weighted by Gasteiger charge is 2.30. The summed E-state index contributed by atoms with van der Waals surface area (Å²) in [5.74, 6) is -0.440. The molecule has 0 aliphatic carbocycles. The van der Waals surface area contributed by atoms with Gasteiger partial charge in [-0.05, 0) is 48.9 Å². The van der Waals surface area contributed by atoms with Crippen LogP contribution in [0.3, 0.4) is 0 Å². The number of sulfonamides is 1. The average Bonchev–Trinajstić information content (AvgIpc) is 2.70. The smallest absolute Gasteiger partial charge is 0.416 e. The molecular formula is C20H23F3N2O5S. The van der Waals surface area contributed by atoms with Crippen molar-refractivity contribution in [1.82, 2.24) is 5.32 Å². The summed E-state index contributed by atoms with van der Waals surface area (Å²) in [4.78, 5) is 12.3. The second-order valence-electron chi connectivity index (χ2n) is 6.70. The largest absolute Gasteiger partial charge is 0.491 e. The summed E-state index contributed by atoms with van der Waals surface area (Å²) in [6.07, 6.45) is -5.12. The Labute approximate surface area is 178 Å². The zero-order valence-electron chi connectivity index (χ0n) is 16.6. The molecule has 31 heavy (non-hydrogen) atoms. The Bertz CT molecular complexity index is 979. The Morgan fingerprint density at radius 2 is 1.84 bits per heavy atom. The van der Waals surface area contributed by atoms with Crippen LogP contribution in [0.25, 0.3) is 0 Å². The van der Waals surface area contributed by atoms with Gasteiger partial charge in [0.1, 0.15) is 18.5 Å². The van der Waals surface area contributed by atoms with Gasteiger partial charge in [0, 0.05) is 17.8 Å². The molecule has 0 aromatic heterocycles. The van der Waals surface area contributed by atoms with Crippen LogP contribution >= 0.6 is 0 Å². The molecule has 1 unspecified atom stereocenters. The maximum Gasteiger partial charge on any atom is 0.416 e. The fourth-order valence-corrected chi connectivity index (χ4v) is 3.65. The van der Waals surface area contributed by atoms with E-state index in [9.17, 15) is 31.5 Å². The molecule has 11 heteroatoms. The molecule has 2 rings (SSSR count). The molecule has 7 nitrogen and oxygen atoms in total. The van der Waals surface area contributed by atoms with Crippen LogP contribution in [0.15, 0.2) is 48.5 Å². The van der Waals surface area contributed by atoms with Gasteiger partial charge in [-0.15, -0.1) is 0 Å². The SMILES string of the molecule is CCCS(=O)(=O)Nc1cccc(C(=O)NCC(O)COc2ccc(C(F)(F)F)cc2)c1. The number of aliphatic hydroxyl groups excluding tert-OH is 1. The molecular weight excluding hydrogens is 437 g/mol. The Morgan fingerprint density at radius 3 is 2.45 bits per heavy atom. The van der Waals surface area contributed by atoms with E-state index in [1.807, 2.05) is 0 Å². The summed E-state index contributed by atoms with van der Waals surface area (Å²) < 4.78 is 68.9. The average molecular weight is 460 g/mol. The molecule has 170 valence electrons. The van der Waals surface area contributed by atoms with Gasteiger partial charge < -0.3 is 15.2 Å². The fourth-order valence-electron chi connectivity index (χ4n) is 2.53. The molecule has 2 aromatic carbocycles. The summed E-state index contributed by atoms with van der Waals surface area (Å²) in [6, 6.07) is 9.89. The number of anilines is 1. The lowest BCUT2D eigenvalue weighted by atomic mass is 10.2. The number of benzene rings is 2. The van der Waals surface area contributed by atoms with Crippen molar-refractivity contribution in [2.75, 3.05) is 23.6 Å². The lowest BCUT2D eigenvalue weighted by molar-refractivity contribution is -0.137. The number of nitrogens with one attached hydrogen (secondary N) is 2. The number of aliphatic hydroxyl groups is 1. The number of hydrogen-bond acceptors (Lipinski definition) is 5. The van der Waals surface area contributed by atoms with Gasteiger partial charge in [-0.25, -0.2) is 8.42 Å². The van der Waals surface area contributed by atoms with Crippen LogP contribution in [0.1, 0.15) is 29.3 Å². The first-order valence-electron chi connectivity index (χ1n) is 9.37. The van der Waals surface area contributed by atoms with Crippen molar-refractivity contribution in [2.45, 2.75) is 25.6 Å². The minimum atomic E-state index is -4.45. The highest BCUT2D eigenvalue weighted by atomic mass is 32.2. The molecule has 1 atom stereocenters. The van der Waals surface area contributed by atoms with E-state index in [0.29, 0.717) is 6.42 Å². The van der Waals surface area contributed by atoms with E-state index < -0.39 is 33.8 Å². The van der Waals surface area contributed by atoms with Crippen molar-refractivity contribution >= 4 is 21.6 Å². The van der Waals surface area contributed by atoms with Crippen LogP contribution in [0.2, 0.25) is 0 Å². The van der Waals surface area contributed by atoms with E-state index in [0.717, 1.165) is 24.3 Å². The summed E-state index contributed by atoms with van der Waals surface area (Å²) >= 11 is 0. The molecule has 0 spiro atoms. The van der Waals surface area contributed by atoms with Crippen molar-refractivity contribution in [2.24, 2.45) is 0 Å². The Balaban J connectivity index is 1.84. The van der Waals surface area contributed by atoms with E-state index in [4.69, 9.17) is 4.74 Å². The van der Waals surface area contributed by atoms with E-state index in [1.54, 1.807) is 6.92 Å². The number of hydrogen-bond donors (Lipinski definition) is 3. The van der Waals surface area contributed by atoms with Gasteiger partial charge in [0.2, 0.25) is 10.0 Å². The van der Waals surface area contributed by atoms with Gasteiger partial charge in [0.15, 0.2) is 0 Å². The van der Waals surface area contributed by atoms with Gasteiger partial charge in [-0.1, -0.05) is 13.0 Å². The molecule has 0 bridgehead atoms. The van der Waals surface area contributed by atoms with Gasteiger partial charge >= 0.3 is 6.18 Å². The standard InChI is InChI=1S/C20H23F3N2O5S/c1-2-10-31(28,29)25-16-5-3-4-14(11-16)19(27)24-12-17(26)13-30-18-8-6-15(7-9-18)20(21,22)23/h3-9,11,17,25-26H,2,10,12-13H2,1H3,(H,24,27). The number of alkyl halides is 3. The number of halogens is 3. The monoisotopic (exact) mass is 460 g/mol. The number of ether oxygens (including phenoxy) is 1. The Hall–Kier alpha value is -2.79. The molecule has 0 saturated heterocycles. The van der Waals surface area contributed by atoms with Crippen LogP contribution < -0.4 is 14.8 Å². The van der Waals surface area contributed by atoms with Crippen molar-refractivity contribution in [3.05, 3.63) is 59.7 Å². The van der Waals surface area contributed by atoms with E-state index in [-0.39, 0.29) is 35.9 Å². The third-order valence-electron chi connectivity index (χ3n) is 3.99. The summed E-state index contributed by atoms with van der Waals surface area (Å²) in [5, 5.41) is 12.4. The number of carbonyl (C=O) groups excluding carboxylic acids is 1. The fraction of sp³-hybridized carbons (Fsp3) is 0.350. The third-order valence-corrected chi connectivity index (χ3v) is 5.49. The molecule has 0 aliphatic rings. The maximum atomic E-state index is 12.5. The highest BCUT2D eigenvalue weighted by molar-refractivity contribution is 7.92. The maximum absolute atomic E-state index is 12.5. The minimum absolute atomic E-state index is 0.0471. The zero-order chi connectivity index (χ0) is 23.1. The molecule has 1 amide bonds. The summed E-state index contributed by atoms with van der Waals surface area (Å²) in [6.45, 7) is 1.31. The highest BCUT2D eigenvalue weighted by Crippen LogP contribution is 2.30. The van der Waals surface area contributed by atoms with Crippen molar-refractivity contribution in [3.8, 4) is 5.75 Å². The predicted molar refractivity (Wildman–Crippen MR) is 109 cm³/mol. The first-order valence-corrected chi connectivity index (χ1v) is 11.0.